The van der Waals surface area contributed by atoms with Crippen LogP contribution in [0.15, 0.2) is 0 Å². The molecule has 0 aromatic rings. The molecule has 0 saturated heterocycles. The average Bonchev–Trinajstić information content (AvgIpc) is 2.09. The predicted octanol–water partition coefficient (Wildman–Crippen LogP) is 0.345. The lowest BCUT2D eigenvalue weighted by Gasteiger charge is -2.18. The van der Waals surface area contributed by atoms with Crippen molar-refractivity contribution in [2.75, 3.05) is 17.3 Å². The first kappa shape index (κ1) is 15.7. The van der Waals surface area contributed by atoms with E-state index in [2.05, 4.69) is 0 Å². The molecule has 0 fully saturated rings. The van der Waals surface area contributed by atoms with E-state index in [4.69, 9.17) is 10.8 Å². The summed E-state index contributed by atoms with van der Waals surface area (Å²) in [5.41, 5.74) is 5.28. The van der Waals surface area contributed by atoms with Gasteiger partial charge in [0.1, 0.15) is 6.04 Å². The maximum absolute atomic E-state index is 11.7. The van der Waals surface area contributed by atoms with Gasteiger partial charge in [-0.1, -0.05) is 0 Å². The van der Waals surface area contributed by atoms with Gasteiger partial charge in [0.15, 0.2) is 9.84 Å². The summed E-state index contributed by atoms with van der Waals surface area (Å²) >= 11 is 1.25. The van der Waals surface area contributed by atoms with E-state index in [1.165, 1.54) is 11.8 Å². The Morgan fingerprint density at radius 1 is 1.44 bits per heavy atom. The third-order valence-corrected chi connectivity index (χ3v) is 6.00. The van der Waals surface area contributed by atoms with Gasteiger partial charge in [0.2, 0.25) is 0 Å². The predicted molar refractivity (Wildman–Crippen MR) is 66.5 cm³/mol. The van der Waals surface area contributed by atoms with Gasteiger partial charge in [0, 0.05) is 11.5 Å². The van der Waals surface area contributed by atoms with Crippen LogP contribution in [0, 0.1) is 0 Å². The molecule has 0 radical (unpaired) electrons. The number of carboxylic acids is 1. The van der Waals surface area contributed by atoms with E-state index in [0.29, 0.717) is 5.75 Å². The fraction of sp³-hybridized carbons (Fsp3) is 0.889. The average molecular weight is 269 g/mol. The van der Waals surface area contributed by atoms with Gasteiger partial charge in [-0.05, 0) is 20.8 Å². The summed E-state index contributed by atoms with van der Waals surface area (Å²) in [5.74, 6) is -0.408. The van der Waals surface area contributed by atoms with Crippen LogP contribution in [0.3, 0.4) is 0 Å². The summed E-state index contributed by atoms with van der Waals surface area (Å²) in [6.07, 6.45) is 0. The SMILES string of the molecule is CC(C)(C)S(=O)(=O)CCSC[C@H](N)C(=O)O. The number of carboxylic acid groups (broad SMARTS) is 1. The number of hydrogen-bond donors (Lipinski definition) is 2. The van der Waals surface area contributed by atoms with Crippen LogP contribution < -0.4 is 5.73 Å². The first-order valence-electron chi connectivity index (χ1n) is 4.86. The molecule has 3 N–H and O–H groups in total. The minimum Gasteiger partial charge on any atom is -0.480 e. The third kappa shape index (κ3) is 5.18. The standard InChI is InChI=1S/C9H19NO4S2/c1-9(2,3)16(13,14)5-4-15-6-7(10)8(11)12/h7H,4-6,10H2,1-3H3,(H,11,12)/t7-/m0/s1. The zero-order valence-electron chi connectivity index (χ0n) is 9.76. The van der Waals surface area contributed by atoms with Gasteiger partial charge in [-0.3, -0.25) is 4.79 Å². The lowest BCUT2D eigenvalue weighted by molar-refractivity contribution is -0.137. The number of nitrogens with two attached hydrogens (primary N) is 1. The first-order chi connectivity index (χ1) is 7.08. The molecule has 1 atom stereocenters. The highest BCUT2D eigenvalue weighted by Crippen LogP contribution is 2.17. The monoisotopic (exact) mass is 269 g/mol. The molecule has 0 saturated carbocycles. The molecule has 0 heterocycles. The Morgan fingerprint density at radius 2 is 1.94 bits per heavy atom. The zero-order chi connectivity index (χ0) is 13.0. The smallest absolute Gasteiger partial charge is 0.321 e. The fourth-order valence-corrected chi connectivity index (χ4v) is 3.28. The van der Waals surface area contributed by atoms with Crippen LogP contribution in [0.4, 0.5) is 0 Å². The fourth-order valence-electron chi connectivity index (χ4n) is 0.756. The number of carbonyl (C=O) groups is 1. The first-order valence-corrected chi connectivity index (χ1v) is 7.67. The van der Waals surface area contributed by atoms with Gasteiger partial charge in [-0.25, -0.2) is 8.42 Å². The van der Waals surface area contributed by atoms with Crippen molar-refractivity contribution in [3.63, 3.8) is 0 Å². The molecule has 5 nitrogen and oxygen atoms in total. The van der Waals surface area contributed by atoms with Crippen LogP contribution in [-0.2, 0) is 14.6 Å². The number of rotatable bonds is 6. The van der Waals surface area contributed by atoms with E-state index < -0.39 is 26.6 Å². The van der Waals surface area contributed by atoms with Crippen molar-refractivity contribution in [1.29, 1.82) is 0 Å². The Morgan fingerprint density at radius 3 is 2.31 bits per heavy atom. The second kappa shape index (κ2) is 5.88. The molecule has 0 amide bonds. The molecular formula is C9H19NO4S2. The van der Waals surface area contributed by atoms with Crippen LogP contribution in [0.25, 0.3) is 0 Å². The number of sulfone groups is 1. The summed E-state index contributed by atoms with van der Waals surface area (Å²) in [6, 6.07) is -0.928. The highest BCUT2D eigenvalue weighted by molar-refractivity contribution is 8.00. The Bertz CT molecular complexity index is 332. The van der Waals surface area contributed by atoms with E-state index in [9.17, 15) is 13.2 Å². The van der Waals surface area contributed by atoms with Crippen LogP contribution in [0.5, 0.6) is 0 Å². The van der Waals surface area contributed by atoms with Crippen molar-refractivity contribution in [1.82, 2.24) is 0 Å². The molecule has 0 aliphatic carbocycles. The molecule has 0 aromatic heterocycles. The highest BCUT2D eigenvalue weighted by Gasteiger charge is 2.28. The molecule has 0 unspecified atom stereocenters. The van der Waals surface area contributed by atoms with Gasteiger partial charge < -0.3 is 10.8 Å². The van der Waals surface area contributed by atoms with Crippen molar-refractivity contribution in [2.45, 2.75) is 31.6 Å². The van der Waals surface area contributed by atoms with Gasteiger partial charge >= 0.3 is 5.97 Å². The maximum atomic E-state index is 11.7. The van der Waals surface area contributed by atoms with E-state index in [1.807, 2.05) is 0 Å². The Hall–Kier alpha value is -0.270. The van der Waals surface area contributed by atoms with Gasteiger partial charge in [0.25, 0.3) is 0 Å². The van der Waals surface area contributed by atoms with Crippen molar-refractivity contribution in [3.8, 4) is 0 Å². The van der Waals surface area contributed by atoms with E-state index in [0.717, 1.165) is 0 Å². The van der Waals surface area contributed by atoms with Crippen molar-refractivity contribution in [3.05, 3.63) is 0 Å². The molecule has 0 aromatic carbocycles. The Balaban J connectivity index is 3.98. The Labute approximate surface area is 101 Å². The summed E-state index contributed by atoms with van der Waals surface area (Å²) in [5, 5.41) is 8.51. The van der Waals surface area contributed by atoms with Gasteiger partial charge in [-0.2, -0.15) is 11.8 Å². The molecule has 0 spiro atoms. The summed E-state index contributed by atoms with van der Waals surface area (Å²) in [6.45, 7) is 4.95. The summed E-state index contributed by atoms with van der Waals surface area (Å²) < 4.78 is 22.6. The van der Waals surface area contributed by atoms with E-state index in [-0.39, 0.29) is 11.5 Å². The van der Waals surface area contributed by atoms with E-state index in [1.54, 1.807) is 20.8 Å². The lowest BCUT2D eigenvalue weighted by Crippen LogP contribution is -2.34. The van der Waals surface area contributed by atoms with Crippen molar-refractivity contribution >= 4 is 27.6 Å². The van der Waals surface area contributed by atoms with Gasteiger partial charge in [-0.15, -0.1) is 0 Å². The Kier molecular flexibility index (Phi) is 5.78. The van der Waals surface area contributed by atoms with Crippen molar-refractivity contribution < 1.29 is 18.3 Å². The molecule has 7 heteroatoms. The van der Waals surface area contributed by atoms with Crippen LogP contribution in [-0.4, -0.2) is 47.5 Å². The van der Waals surface area contributed by atoms with E-state index >= 15 is 0 Å². The number of thioether (sulfide) groups is 1. The quantitative estimate of drug-likeness (QED) is 0.675. The molecule has 0 rings (SSSR count). The number of hydrogen-bond acceptors (Lipinski definition) is 5. The molecule has 0 aliphatic rings. The minimum atomic E-state index is -3.13. The zero-order valence-corrected chi connectivity index (χ0v) is 11.4. The summed E-state index contributed by atoms with van der Waals surface area (Å²) in [4.78, 5) is 10.4. The molecule has 0 bridgehead atoms. The largest absolute Gasteiger partial charge is 0.480 e. The lowest BCUT2D eigenvalue weighted by atomic mass is 10.3. The molecule has 16 heavy (non-hydrogen) atoms. The molecular weight excluding hydrogens is 250 g/mol. The second-order valence-electron chi connectivity index (χ2n) is 4.45. The van der Waals surface area contributed by atoms with Crippen molar-refractivity contribution in [2.24, 2.45) is 5.73 Å². The topological polar surface area (TPSA) is 97.5 Å². The summed E-state index contributed by atoms with van der Waals surface area (Å²) in [7, 11) is -3.13. The van der Waals surface area contributed by atoms with Gasteiger partial charge in [0.05, 0.1) is 10.5 Å². The molecule has 0 aliphatic heterocycles. The van der Waals surface area contributed by atoms with Crippen LogP contribution >= 0.6 is 11.8 Å². The normalized spacial score (nSPS) is 14.8. The highest BCUT2D eigenvalue weighted by atomic mass is 32.2. The second-order valence-corrected chi connectivity index (χ2v) is 8.46. The molecule has 96 valence electrons. The van der Waals surface area contributed by atoms with Crippen LogP contribution in [0.2, 0.25) is 0 Å². The number of aliphatic carboxylic acids is 1. The van der Waals surface area contributed by atoms with Crippen LogP contribution in [0.1, 0.15) is 20.8 Å². The minimum absolute atomic E-state index is 0.0491. The third-order valence-electron chi connectivity index (χ3n) is 2.04. The maximum Gasteiger partial charge on any atom is 0.321 e.